The molecule has 3 rings (SSSR count). The molecule has 0 N–H and O–H groups in total. The molecule has 0 fully saturated rings. The Labute approximate surface area is 144 Å². The molecule has 1 aromatic heterocycles. The van der Waals surface area contributed by atoms with Gasteiger partial charge in [0.25, 0.3) is 0 Å². The second kappa shape index (κ2) is 6.97. The summed E-state index contributed by atoms with van der Waals surface area (Å²) in [5, 5.41) is 2.95. The van der Waals surface area contributed by atoms with Gasteiger partial charge in [0, 0.05) is 16.9 Å². The van der Waals surface area contributed by atoms with Crippen LogP contribution in [0.3, 0.4) is 0 Å². The molecule has 2 heterocycles. The normalized spacial score (nSPS) is 15.8. The number of aliphatic imine (C=N–C) groups is 1. The summed E-state index contributed by atoms with van der Waals surface area (Å²) >= 11 is 1.58. The molecule has 0 aliphatic carbocycles. The van der Waals surface area contributed by atoms with Gasteiger partial charge in [0.1, 0.15) is 5.75 Å². The van der Waals surface area contributed by atoms with Gasteiger partial charge in [-0.1, -0.05) is 13.8 Å². The summed E-state index contributed by atoms with van der Waals surface area (Å²) in [4.78, 5) is 20.8. The second-order valence-corrected chi connectivity index (χ2v) is 6.45. The number of nitrogens with zero attached hydrogens (tertiary/aromatic N) is 2. The van der Waals surface area contributed by atoms with Gasteiger partial charge < -0.3 is 9.47 Å². The molecule has 0 atom stereocenters. The molecule has 0 amide bonds. The van der Waals surface area contributed by atoms with E-state index in [-0.39, 0.29) is 5.70 Å². The van der Waals surface area contributed by atoms with Crippen LogP contribution in [0.4, 0.5) is 0 Å². The van der Waals surface area contributed by atoms with Crippen LogP contribution in [0.25, 0.3) is 6.08 Å². The van der Waals surface area contributed by atoms with Crippen LogP contribution in [0.5, 0.6) is 5.75 Å². The predicted octanol–water partition coefficient (Wildman–Crippen LogP) is 4.01. The Hall–Kier alpha value is -2.47. The maximum atomic E-state index is 12.0. The molecule has 124 valence electrons. The van der Waals surface area contributed by atoms with E-state index < -0.39 is 5.97 Å². The van der Waals surface area contributed by atoms with Crippen LogP contribution >= 0.6 is 11.3 Å². The smallest absolute Gasteiger partial charge is 0.363 e. The van der Waals surface area contributed by atoms with Crippen molar-refractivity contribution in [2.75, 3.05) is 6.61 Å². The second-order valence-electron chi connectivity index (χ2n) is 5.56. The quantitative estimate of drug-likeness (QED) is 0.608. The minimum Gasteiger partial charge on any atom is -0.494 e. The summed E-state index contributed by atoms with van der Waals surface area (Å²) in [6, 6.07) is 7.29. The number of benzene rings is 1. The lowest BCUT2D eigenvalue weighted by molar-refractivity contribution is -0.129. The third-order valence-corrected chi connectivity index (χ3v) is 4.51. The average Bonchev–Trinajstić information content (AvgIpc) is 3.17. The number of ether oxygens (including phenoxy) is 2. The Balaban J connectivity index is 1.82. The first-order valence-electron chi connectivity index (χ1n) is 7.78. The largest absolute Gasteiger partial charge is 0.494 e. The van der Waals surface area contributed by atoms with E-state index in [4.69, 9.17) is 9.47 Å². The van der Waals surface area contributed by atoms with Crippen LogP contribution in [-0.2, 0) is 9.53 Å². The predicted molar refractivity (Wildman–Crippen MR) is 94.4 cm³/mol. The van der Waals surface area contributed by atoms with Crippen molar-refractivity contribution in [3.8, 4) is 5.75 Å². The fourth-order valence-corrected chi connectivity index (χ4v) is 2.96. The van der Waals surface area contributed by atoms with Crippen LogP contribution in [0.15, 0.2) is 40.3 Å². The lowest BCUT2D eigenvalue weighted by atomic mass is 10.2. The first-order chi connectivity index (χ1) is 11.6. The number of rotatable bonds is 5. The zero-order valence-corrected chi connectivity index (χ0v) is 14.6. The fourth-order valence-electron chi connectivity index (χ4n) is 2.17. The van der Waals surface area contributed by atoms with Gasteiger partial charge in [-0.3, -0.25) is 0 Å². The summed E-state index contributed by atoms with van der Waals surface area (Å²) in [6.45, 7) is 6.70. The molecule has 1 aromatic carbocycles. The third-order valence-electron chi connectivity index (χ3n) is 3.35. The standard InChI is InChI=1S/C18H18N2O3S/c1-4-22-14-7-5-12(6-8-14)16-20-15(18(21)23-16)9-13-10-24-17(19-13)11(2)3/h5-11H,4H2,1-3H3/b15-9+. The van der Waals surface area contributed by atoms with E-state index >= 15 is 0 Å². The number of carbonyl (C=O) groups excluding carboxylic acids is 1. The zero-order valence-electron chi connectivity index (χ0n) is 13.8. The van der Waals surface area contributed by atoms with Gasteiger partial charge in [-0.15, -0.1) is 11.3 Å². The van der Waals surface area contributed by atoms with Crippen LogP contribution < -0.4 is 4.74 Å². The summed E-state index contributed by atoms with van der Waals surface area (Å²) in [5.74, 6) is 0.970. The highest BCUT2D eigenvalue weighted by atomic mass is 32.1. The van der Waals surface area contributed by atoms with Crippen LogP contribution in [0.2, 0.25) is 0 Å². The number of hydrogen-bond donors (Lipinski definition) is 0. The summed E-state index contributed by atoms with van der Waals surface area (Å²) in [6.07, 6.45) is 1.66. The number of thiazole rings is 1. The lowest BCUT2D eigenvalue weighted by Gasteiger charge is -2.03. The molecule has 0 saturated heterocycles. The lowest BCUT2D eigenvalue weighted by Crippen LogP contribution is -2.05. The molecule has 0 radical (unpaired) electrons. The van der Waals surface area contributed by atoms with E-state index in [2.05, 4.69) is 23.8 Å². The molecule has 0 spiro atoms. The number of hydrogen-bond acceptors (Lipinski definition) is 6. The van der Waals surface area contributed by atoms with Gasteiger partial charge in [-0.2, -0.15) is 0 Å². The fraction of sp³-hybridized carbons (Fsp3) is 0.278. The maximum Gasteiger partial charge on any atom is 0.363 e. The monoisotopic (exact) mass is 342 g/mol. The first kappa shape index (κ1) is 16.4. The van der Waals surface area contributed by atoms with E-state index in [1.54, 1.807) is 17.4 Å². The molecule has 0 unspecified atom stereocenters. The van der Waals surface area contributed by atoms with Crippen molar-refractivity contribution in [2.45, 2.75) is 26.7 Å². The number of carbonyl (C=O) groups is 1. The van der Waals surface area contributed by atoms with Crippen LogP contribution in [0.1, 0.15) is 43.0 Å². The SMILES string of the molecule is CCOc1ccc(C2=N/C(=C/c3csc(C(C)C)n3)C(=O)O2)cc1. The van der Waals surface area contributed by atoms with Gasteiger partial charge in [-0.05, 0) is 37.3 Å². The number of aromatic nitrogens is 1. The molecular weight excluding hydrogens is 324 g/mol. The Morgan fingerprint density at radius 3 is 2.67 bits per heavy atom. The molecule has 0 bridgehead atoms. The molecule has 2 aromatic rings. The Morgan fingerprint density at radius 2 is 2.04 bits per heavy atom. The van der Waals surface area contributed by atoms with Crippen molar-refractivity contribution >= 4 is 29.3 Å². The van der Waals surface area contributed by atoms with E-state index in [0.29, 0.717) is 18.4 Å². The summed E-state index contributed by atoms with van der Waals surface area (Å²) in [7, 11) is 0. The number of cyclic esters (lactones) is 1. The minimum atomic E-state index is -0.460. The molecule has 1 aliphatic heterocycles. The molecule has 24 heavy (non-hydrogen) atoms. The van der Waals surface area contributed by atoms with Gasteiger partial charge >= 0.3 is 5.97 Å². The van der Waals surface area contributed by atoms with Crippen LogP contribution in [-0.4, -0.2) is 23.5 Å². The highest BCUT2D eigenvalue weighted by Gasteiger charge is 2.24. The zero-order chi connectivity index (χ0) is 17.1. The highest BCUT2D eigenvalue weighted by Crippen LogP contribution is 2.24. The van der Waals surface area contributed by atoms with Crippen molar-refractivity contribution < 1.29 is 14.3 Å². The summed E-state index contributed by atoms with van der Waals surface area (Å²) < 4.78 is 10.7. The average molecular weight is 342 g/mol. The topological polar surface area (TPSA) is 60.8 Å². The Morgan fingerprint density at radius 1 is 1.29 bits per heavy atom. The van der Waals surface area contributed by atoms with Crippen molar-refractivity contribution in [3.05, 3.63) is 51.6 Å². The Bertz CT molecular complexity index is 804. The van der Waals surface area contributed by atoms with E-state index in [9.17, 15) is 4.79 Å². The van der Waals surface area contributed by atoms with Gasteiger partial charge in [-0.25, -0.2) is 14.8 Å². The summed E-state index contributed by atoms with van der Waals surface area (Å²) in [5.41, 5.74) is 1.73. The van der Waals surface area contributed by atoms with Crippen LogP contribution in [0, 0.1) is 0 Å². The van der Waals surface area contributed by atoms with Gasteiger partial charge in [0.05, 0.1) is 17.3 Å². The van der Waals surface area contributed by atoms with Crippen molar-refractivity contribution in [1.82, 2.24) is 4.98 Å². The minimum absolute atomic E-state index is 0.263. The Kier molecular flexibility index (Phi) is 4.76. The number of esters is 1. The van der Waals surface area contributed by atoms with Crippen molar-refractivity contribution in [1.29, 1.82) is 0 Å². The van der Waals surface area contributed by atoms with Gasteiger partial charge in [0.15, 0.2) is 5.70 Å². The van der Waals surface area contributed by atoms with Crippen molar-refractivity contribution in [3.63, 3.8) is 0 Å². The van der Waals surface area contributed by atoms with E-state index in [1.165, 1.54) is 0 Å². The van der Waals surface area contributed by atoms with E-state index in [1.807, 2.05) is 36.6 Å². The third kappa shape index (κ3) is 3.54. The van der Waals surface area contributed by atoms with Crippen molar-refractivity contribution in [2.24, 2.45) is 4.99 Å². The first-order valence-corrected chi connectivity index (χ1v) is 8.66. The molecule has 0 saturated carbocycles. The molecule has 5 nitrogen and oxygen atoms in total. The highest BCUT2D eigenvalue weighted by molar-refractivity contribution is 7.09. The van der Waals surface area contributed by atoms with E-state index in [0.717, 1.165) is 22.0 Å². The molecular formula is C18H18N2O3S. The van der Waals surface area contributed by atoms with Gasteiger partial charge in [0.2, 0.25) is 5.90 Å². The maximum absolute atomic E-state index is 12.0. The molecule has 6 heteroatoms. The molecule has 1 aliphatic rings.